The lowest BCUT2D eigenvalue weighted by Gasteiger charge is -2.16. The van der Waals surface area contributed by atoms with E-state index in [4.69, 9.17) is 22.1 Å². The fourth-order valence-electron chi connectivity index (χ4n) is 1.91. The minimum absolute atomic E-state index is 0.0276. The first-order valence-corrected chi connectivity index (χ1v) is 5.85. The normalized spacial score (nSPS) is 31.8. The fourth-order valence-corrected chi connectivity index (χ4v) is 2.05. The Labute approximate surface area is 107 Å². The van der Waals surface area contributed by atoms with Gasteiger partial charge in [-0.15, -0.1) is 0 Å². The van der Waals surface area contributed by atoms with Crippen molar-refractivity contribution >= 4 is 17.4 Å². The quantitative estimate of drug-likeness (QED) is 0.820. The Morgan fingerprint density at radius 2 is 2.39 bits per heavy atom. The van der Waals surface area contributed by atoms with Crippen molar-refractivity contribution in [3.8, 4) is 0 Å². The van der Waals surface area contributed by atoms with Crippen LogP contribution >= 0.6 is 11.6 Å². The summed E-state index contributed by atoms with van der Waals surface area (Å²) < 4.78 is 20.1. The average Bonchev–Trinajstić information content (AvgIpc) is 2.61. The van der Waals surface area contributed by atoms with Crippen LogP contribution < -0.4 is 11.4 Å². The Bertz CT molecular complexity index is 510. The third kappa shape index (κ3) is 2.09. The number of alkyl halides is 1. The summed E-state index contributed by atoms with van der Waals surface area (Å²) in [6, 6.07) is 0. The van der Waals surface area contributed by atoms with Crippen LogP contribution in [0.2, 0.25) is 5.02 Å². The predicted octanol–water partition coefficient (Wildman–Crippen LogP) is 0.485. The smallest absolute Gasteiger partial charge is 0.351 e. The van der Waals surface area contributed by atoms with Crippen LogP contribution in [0.3, 0.4) is 0 Å². The molecule has 0 aromatic carbocycles. The molecule has 0 bridgehead atoms. The molecule has 2 rings (SSSR count). The third-order valence-electron chi connectivity index (χ3n) is 2.90. The number of aliphatic hydroxyl groups is 1. The SMILES string of the molecule is CCC1OC(n2cc(Cl)c(N)nc2=O)C([18F])C1O. The molecular weight excluding hydrogens is 264 g/mol. The molecule has 18 heavy (non-hydrogen) atoms. The van der Waals surface area contributed by atoms with Crippen LogP contribution in [-0.2, 0) is 4.74 Å². The van der Waals surface area contributed by atoms with Crippen LogP contribution in [0.1, 0.15) is 19.6 Å². The van der Waals surface area contributed by atoms with Gasteiger partial charge >= 0.3 is 5.69 Å². The van der Waals surface area contributed by atoms with Gasteiger partial charge in [0, 0.05) is 6.20 Å². The minimum atomic E-state index is -1.71. The molecule has 0 spiro atoms. The molecule has 1 aliphatic heterocycles. The molecule has 0 radical (unpaired) electrons. The summed E-state index contributed by atoms with van der Waals surface area (Å²) in [5.74, 6) is -0.126. The van der Waals surface area contributed by atoms with Crippen LogP contribution in [0.5, 0.6) is 0 Å². The number of aromatic nitrogens is 2. The van der Waals surface area contributed by atoms with Crippen LogP contribution in [0, 0.1) is 0 Å². The van der Waals surface area contributed by atoms with Crippen molar-refractivity contribution in [3.05, 3.63) is 21.7 Å². The first kappa shape index (κ1) is 13.3. The highest BCUT2D eigenvalue weighted by Crippen LogP contribution is 2.32. The van der Waals surface area contributed by atoms with Crippen molar-refractivity contribution in [1.29, 1.82) is 0 Å². The van der Waals surface area contributed by atoms with Gasteiger partial charge in [0.15, 0.2) is 12.4 Å². The molecule has 0 aliphatic carbocycles. The van der Waals surface area contributed by atoms with E-state index in [1.807, 2.05) is 0 Å². The number of hydrogen-bond acceptors (Lipinski definition) is 5. The first-order chi connectivity index (χ1) is 8.45. The zero-order chi connectivity index (χ0) is 13.4. The minimum Gasteiger partial charge on any atom is -0.387 e. The van der Waals surface area contributed by atoms with Gasteiger partial charge in [0.25, 0.3) is 0 Å². The summed E-state index contributed by atoms with van der Waals surface area (Å²) >= 11 is 5.73. The van der Waals surface area contributed by atoms with Gasteiger partial charge in [-0.25, -0.2) is 9.18 Å². The monoisotopic (exact) mass is 276 g/mol. The highest BCUT2D eigenvalue weighted by atomic mass is 35.5. The van der Waals surface area contributed by atoms with E-state index in [-0.39, 0.29) is 10.8 Å². The van der Waals surface area contributed by atoms with E-state index in [1.54, 1.807) is 6.92 Å². The van der Waals surface area contributed by atoms with Crippen molar-refractivity contribution in [2.24, 2.45) is 0 Å². The molecule has 4 atom stereocenters. The fraction of sp³-hybridized carbons (Fsp3) is 0.600. The molecule has 1 fully saturated rings. The average molecular weight is 277 g/mol. The first-order valence-electron chi connectivity index (χ1n) is 5.47. The largest absolute Gasteiger partial charge is 0.387 e. The van der Waals surface area contributed by atoms with E-state index in [0.717, 1.165) is 10.8 Å². The van der Waals surface area contributed by atoms with Crippen LogP contribution in [0.25, 0.3) is 0 Å². The molecule has 1 aromatic heterocycles. The topological polar surface area (TPSA) is 90.4 Å². The summed E-state index contributed by atoms with van der Waals surface area (Å²) in [6.07, 6.45) is -3.29. The Balaban J connectivity index is 2.39. The van der Waals surface area contributed by atoms with Crippen molar-refractivity contribution in [3.63, 3.8) is 0 Å². The molecule has 3 N–H and O–H groups in total. The van der Waals surface area contributed by atoms with Gasteiger partial charge < -0.3 is 15.6 Å². The van der Waals surface area contributed by atoms with Gasteiger partial charge in [-0.2, -0.15) is 4.98 Å². The standard InChI is InChI=1S/C10H13ClFN3O3/c1-2-5-7(16)6(12)9(18-5)15-3-4(11)8(13)14-10(15)17/h3,5-7,9,16H,2H2,1H3,(H2,13,14,17)/i12-1. The Morgan fingerprint density at radius 1 is 1.72 bits per heavy atom. The van der Waals surface area contributed by atoms with Gasteiger partial charge in [0.2, 0.25) is 0 Å². The van der Waals surface area contributed by atoms with E-state index in [2.05, 4.69) is 4.98 Å². The van der Waals surface area contributed by atoms with E-state index in [0.29, 0.717) is 6.42 Å². The van der Waals surface area contributed by atoms with Crippen molar-refractivity contribution in [2.45, 2.75) is 38.0 Å². The van der Waals surface area contributed by atoms with Crippen molar-refractivity contribution < 1.29 is 14.2 Å². The van der Waals surface area contributed by atoms with Crippen LogP contribution in [-0.4, -0.2) is 33.0 Å². The zero-order valence-electron chi connectivity index (χ0n) is 9.59. The second-order valence-corrected chi connectivity index (χ2v) is 4.48. The summed E-state index contributed by atoms with van der Waals surface area (Å²) in [5, 5.41) is 9.64. The van der Waals surface area contributed by atoms with Gasteiger partial charge in [-0.1, -0.05) is 18.5 Å². The molecule has 4 unspecified atom stereocenters. The Kier molecular flexibility index (Phi) is 3.56. The van der Waals surface area contributed by atoms with Gasteiger partial charge in [0.1, 0.15) is 11.9 Å². The number of halogens is 2. The molecule has 1 aliphatic rings. The number of nitrogens with two attached hydrogens (primary N) is 1. The maximum atomic E-state index is 13.9. The lowest BCUT2D eigenvalue weighted by Crippen LogP contribution is -2.33. The second kappa shape index (κ2) is 4.83. The van der Waals surface area contributed by atoms with Gasteiger partial charge in [-0.05, 0) is 6.42 Å². The van der Waals surface area contributed by atoms with Crippen molar-refractivity contribution in [1.82, 2.24) is 9.55 Å². The van der Waals surface area contributed by atoms with E-state index in [9.17, 15) is 14.3 Å². The molecule has 8 heteroatoms. The van der Waals surface area contributed by atoms with Gasteiger partial charge in [-0.3, -0.25) is 4.57 Å². The maximum absolute atomic E-state index is 13.9. The van der Waals surface area contributed by atoms with Gasteiger partial charge in [0.05, 0.1) is 11.1 Å². The lowest BCUT2D eigenvalue weighted by atomic mass is 10.1. The predicted molar refractivity (Wildman–Crippen MR) is 63.0 cm³/mol. The van der Waals surface area contributed by atoms with E-state index < -0.39 is 30.3 Å². The summed E-state index contributed by atoms with van der Waals surface area (Å²) in [7, 11) is 0. The molecule has 100 valence electrons. The summed E-state index contributed by atoms with van der Waals surface area (Å²) in [4.78, 5) is 15.1. The number of rotatable bonds is 2. The number of nitrogen functional groups attached to an aromatic ring is 1. The zero-order valence-corrected chi connectivity index (χ0v) is 10.3. The lowest BCUT2D eigenvalue weighted by molar-refractivity contribution is -0.0279. The Morgan fingerprint density at radius 3 is 2.94 bits per heavy atom. The molecule has 1 saturated heterocycles. The molecule has 2 heterocycles. The number of aliphatic hydroxyl groups excluding tert-OH is 1. The van der Waals surface area contributed by atoms with Crippen LogP contribution in [0.4, 0.5) is 10.2 Å². The van der Waals surface area contributed by atoms with Crippen molar-refractivity contribution in [2.75, 3.05) is 5.73 Å². The second-order valence-electron chi connectivity index (χ2n) is 4.07. The number of anilines is 1. The molecule has 6 nitrogen and oxygen atoms in total. The van der Waals surface area contributed by atoms with Crippen LogP contribution in [0.15, 0.2) is 11.0 Å². The van der Waals surface area contributed by atoms with E-state index in [1.165, 1.54) is 0 Å². The third-order valence-corrected chi connectivity index (χ3v) is 3.20. The molecule has 0 saturated carbocycles. The maximum Gasteiger partial charge on any atom is 0.351 e. The highest BCUT2D eigenvalue weighted by Gasteiger charge is 2.44. The highest BCUT2D eigenvalue weighted by molar-refractivity contribution is 6.32. The molecule has 0 amide bonds. The molecule has 1 aromatic rings. The summed E-state index contributed by atoms with van der Waals surface area (Å²) in [5.41, 5.74) is 4.59. The molecular formula is C10H13ClFN3O3. The Hall–Kier alpha value is -1.18. The van der Waals surface area contributed by atoms with E-state index >= 15 is 0 Å². The number of ether oxygens (including phenoxy) is 1. The summed E-state index contributed by atoms with van der Waals surface area (Å²) in [6.45, 7) is 1.75. The number of hydrogen-bond donors (Lipinski definition) is 2. The number of nitrogens with zero attached hydrogens (tertiary/aromatic N) is 2.